The highest BCUT2D eigenvalue weighted by Gasteiger charge is 2.24. The van der Waals surface area contributed by atoms with Crippen LogP contribution in [0.15, 0.2) is 18.5 Å². The molecule has 0 radical (unpaired) electrons. The van der Waals surface area contributed by atoms with Crippen molar-refractivity contribution < 1.29 is 13.9 Å². The lowest BCUT2D eigenvalue weighted by molar-refractivity contribution is 0.0500. The molecule has 0 aromatic carbocycles. The monoisotopic (exact) mass is 295 g/mol. The van der Waals surface area contributed by atoms with E-state index in [-0.39, 0.29) is 11.9 Å². The van der Waals surface area contributed by atoms with Gasteiger partial charge in [-0.2, -0.15) is 0 Å². The van der Waals surface area contributed by atoms with E-state index in [1.54, 1.807) is 6.20 Å². The Kier molecular flexibility index (Phi) is 4.65. The highest BCUT2D eigenvalue weighted by Crippen LogP contribution is 2.20. The van der Waals surface area contributed by atoms with Crippen molar-refractivity contribution >= 4 is 11.8 Å². The number of hydrogen-bond donors (Lipinski definition) is 1. The van der Waals surface area contributed by atoms with Crippen molar-refractivity contribution in [1.82, 2.24) is 10.3 Å². The molecule has 0 bridgehead atoms. The quantitative estimate of drug-likeness (QED) is 0.911. The number of carbonyl (C=O) groups excluding carboxylic acids is 1. The van der Waals surface area contributed by atoms with E-state index in [0.717, 1.165) is 25.1 Å². The number of amides is 1. The van der Waals surface area contributed by atoms with E-state index in [1.807, 2.05) is 25.7 Å². The Morgan fingerprint density at radius 3 is 2.90 bits per heavy atom. The first-order chi connectivity index (χ1) is 9.83. The highest BCUT2D eigenvalue weighted by molar-refractivity contribution is 5.68. The number of alkyl carbamates (subject to hydrolysis) is 1. The molecule has 116 valence electrons. The SMILES string of the molecule is CC(C)(C)OC(=O)N[C@H]1CCCN(c2cncc(F)c2)C1. The number of halogens is 1. The van der Waals surface area contributed by atoms with Crippen LogP contribution in [0, 0.1) is 5.82 Å². The van der Waals surface area contributed by atoms with Crippen molar-refractivity contribution in [3.8, 4) is 0 Å². The molecule has 1 aliphatic rings. The third kappa shape index (κ3) is 4.88. The zero-order valence-corrected chi connectivity index (χ0v) is 12.7. The molecule has 21 heavy (non-hydrogen) atoms. The Hall–Kier alpha value is -1.85. The molecule has 0 saturated carbocycles. The summed E-state index contributed by atoms with van der Waals surface area (Å²) >= 11 is 0. The van der Waals surface area contributed by atoms with Gasteiger partial charge in [0.2, 0.25) is 0 Å². The summed E-state index contributed by atoms with van der Waals surface area (Å²) in [7, 11) is 0. The second-order valence-electron chi connectivity index (χ2n) is 6.29. The first-order valence-corrected chi connectivity index (χ1v) is 7.18. The maximum atomic E-state index is 13.2. The first kappa shape index (κ1) is 15.5. The van der Waals surface area contributed by atoms with Crippen molar-refractivity contribution in [2.24, 2.45) is 0 Å². The predicted molar refractivity (Wildman–Crippen MR) is 78.8 cm³/mol. The summed E-state index contributed by atoms with van der Waals surface area (Å²) in [6.07, 6.45) is 4.23. The molecule has 5 nitrogen and oxygen atoms in total. The van der Waals surface area contributed by atoms with Crippen molar-refractivity contribution in [3.63, 3.8) is 0 Å². The number of aromatic nitrogens is 1. The van der Waals surface area contributed by atoms with E-state index in [1.165, 1.54) is 12.3 Å². The molecular formula is C15H22FN3O2. The lowest BCUT2D eigenvalue weighted by Gasteiger charge is -2.34. The van der Waals surface area contributed by atoms with Gasteiger partial charge in [-0.1, -0.05) is 0 Å². The summed E-state index contributed by atoms with van der Waals surface area (Å²) in [6, 6.07) is 1.46. The maximum absolute atomic E-state index is 13.2. The largest absolute Gasteiger partial charge is 0.444 e. The molecule has 2 heterocycles. The summed E-state index contributed by atoms with van der Waals surface area (Å²) in [6.45, 7) is 6.95. The predicted octanol–water partition coefficient (Wildman–Crippen LogP) is 2.71. The van der Waals surface area contributed by atoms with E-state index in [0.29, 0.717) is 6.54 Å². The molecule has 1 fully saturated rings. The van der Waals surface area contributed by atoms with Crippen LogP contribution in [0.2, 0.25) is 0 Å². The Bertz CT molecular complexity index is 502. The second-order valence-corrected chi connectivity index (χ2v) is 6.29. The van der Waals surface area contributed by atoms with Crippen LogP contribution in [0.5, 0.6) is 0 Å². The molecule has 1 saturated heterocycles. The normalized spacial score (nSPS) is 19.2. The van der Waals surface area contributed by atoms with Gasteiger partial charge in [0, 0.05) is 25.2 Å². The Balaban J connectivity index is 1.93. The summed E-state index contributed by atoms with van der Waals surface area (Å²) < 4.78 is 18.5. The van der Waals surface area contributed by atoms with Gasteiger partial charge in [0.05, 0.1) is 18.1 Å². The van der Waals surface area contributed by atoms with Crippen LogP contribution in [-0.4, -0.2) is 35.8 Å². The number of hydrogen-bond acceptors (Lipinski definition) is 4. The number of nitrogens with one attached hydrogen (secondary N) is 1. The number of pyridine rings is 1. The number of piperidine rings is 1. The van der Waals surface area contributed by atoms with Crippen LogP contribution in [0.1, 0.15) is 33.6 Å². The Morgan fingerprint density at radius 2 is 2.24 bits per heavy atom. The minimum absolute atomic E-state index is 0.00290. The Labute approximate surface area is 124 Å². The van der Waals surface area contributed by atoms with Gasteiger partial charge >= 0.3 is 6.09 Å². The summed E-state index contributed by atoms with van der Waals surface area (Å²) in [5.41, 5.74) is 0.232. The van der Waals surface area contributed by atoms with Gasteiger partial charge < -0.3 is 15.0 Å². The fourth-order valence-corrected chi connectivity index (χ4v) is 2.38. The molecule has 1 aromatic heterocycles. The fraction of sp³-hybridized carbons (Fsp3) is 0.600. The molecule has 1 atom stereocenters. The number of ether oxygens (including phenoxy) is 1. The molecule has 1 N–H and O–H groups in total. The molecule has 1 aromatic rings. The zero-order chi connectivity index (χ0) is 15.5. The highest BCUT2D eigenvalue weighted by atomic mass is 19.1. The molecule has 6 heteroatoms. The van der Waals surface area contributed by atoms with Crippen LogP contribution in [-0.2, 0) is 4.74 Å². The van der Waals surface area contributed by atoms with Gasteiger partial charge in [-0.25, -0.2) is 9.18 Å². The third-order valence-corrected chi connectivity index (χ3v) is 3.20. The van der Waals surface area contributed by atoms with Crippen molar-refractivity contribution in [1.29, 1.82) is 0 Å². The zero-order valence-electron chi connectivity index (χ0n) is 12.7. The van der Waals surface area contributed by atoms with Gasteiger partial charge in [0.25, 0.3) is 0 Å². The van der Waals surface area contributed by atoms with Gasteiger partial charge in [0.15, 0.2) is 0 Å². The van der Waals surface area contributed by atoms with E-state index in [4.69, 9.17) is 4.74 Å². The smallest absolute Gasteiger partial charge is 0.407 e. The van der Waals surface area contributed by atoms with E-state index in [2.05, 4.69) is 10.3 Å². The lowest BCUT2D eigenvalue weighted by atomic mass is 10.1. The van der Waals surface area contributed by atoms with Crippen LogP contribution in [0.25, 0.3) is 0 Å². The van der Waals surface area contributed by atoms with Crippen LogP contribution in [0.3, 0.4) is 0 Å². The topological polar surface area (TPSA) is 54.5 Å². The molecule has 0 aliphatic carbocycles. The summed E-state index contributed by atoms with van der Waals surface area (Å²) in [5.74, 6) is -0.352. The number of nitrogens with zero attached hydrogens (tertiary/aromatic N) is 2. The average Bonchev–Trinajstić information content (AvgIpc) is 2.36. The second kappa shape index (κ2) is 6.28. The summed E-state index contributed by atoms with van der Waals surface area (Å²) in [4.78, 5) is 17.7. The van der Waals surface area contributed by atoms with Gasteiger partial charge in [-0.05, 0) is 33.6 Å². The number of carbonyl (C=O) groups is 1. The molecule has 2 rings (SSSR count). The minimum atomic E-state index is -0.509. The molecule has 1 amide bonds. The number of anilines is 1. The van der Waals surface area contributed by atoms with E-state index >= 15 is 0 Å². The maximum Gasteiger partial charge on any atom is 0.407 e. The van der Waals surface area contributed by atoms with Crippen molar-refractivity contribution in [3.05, 3.63) is 24.3 Å². The van der Waals surface area contributed by atoms with Crippen LogP contribution >= 0.6 is 0 Å². The third-order valence-electron chi connectivity index (χ3n) is 3.20. The van der Waals surface area contributed by atoms with Crippen LogP contribution < -0.4 is 10.2 Å². The van der Waals surface area contributed by atoms with E-state index < -0.39 is 11.7 Å². The molecular weight excluding hydrogens is 273 g/mol. The molecule has 0 unspecified atom stereocenters. The van der Waals surface area contributed by atoms with E-state index in [9.17, 15) is 9.18 Å². The van der Waals surface area contributed by atoms with Gasteiger partial charge in [0.1, 0.15) is 11.4 Å². The van der Waals surface area contributed by atoms with Crippen LogP contribution in [0.4, 0.5) is 14.9 Å². The first-order valence-electron chi connectivity index (χ1n) is 7.18. The fourth-order valence-electron chi connectivity index (χ4n) is 2.38. The minimum Gasteiger partial charge on any atom is -0.444 e. The van der Waals surface area contributed by atoms with Crippen molar-refractivity contribution in [2.75, 3.05) is 18.0 Å². The van der Waals surface area contributed by atoms with Crippen molar-refractivity contribution in [2.45, 2.75) is 45.3 Å². The Morgan fingerprint density at radius 1 is 1.48 bits per heavy atom. The molecule has 0 spiro atoms. The lowest BCUT2D eigenvalue weighted by Crippen LogP contribution is -2.49. The van der Waals surface area contributed by atoms with Gasteiger partial charge in [-0.15, -0.1) is 0 Å². The van der Waals surface area contributed by atoms with Gasteiger partial charge in [-0.3, -0.25) is 4.98 Å². The number of rotatable bonds is 2. The molecule has 1 aliphatic heterocycles. The standard InChI is InChI=1S/C15H22FN3O2/c1-15(2,3)21-14(20)18-12-5-4-6-19(10-12)13-7-11(16)8-17-9-13/h7-9,12H,4-6,10H2,1-3H3,(H,18,20)/t12-/m0/s1. The average molecular weight is 295 g/mol. The summed E-state index contributed by atoms with van der Waals surface area (Å²) in [5, 5.41) is 2.87.